The Kier molecular flexibility index (Phi) is 5.89. The monoisotopic (exact) mass is 415 g/mol. The molecule has 1 aromatic rings. The molecule has 2 amide bonds. The molecule has 128 valence electrons. The summed E-state index contributed by atoms with van der Waals surface area (Å²) in [6.07, 6.45) is 1.58. The lowest BCUT2D eigenvalue weighted by molar-refractivity contribution is -0.139. The maximum Gasteiger partial charge on any atom is 0.341 e. The van der Waals surface area contributed by atoms with Gasteiger partial charge in [-0.3, -0.25) is 14.5 Å². The van der Waals surface area contributed by atoms with Crippen molar-refractivity contribution >= 4 is 50.9 Å². The van der Waals surface area contributed by atoms with Gasteiger partial charge >= 0.3 is 5.97 Å². The number of halogens is 1. The van der Waals surface area contributed by atoms with Crippen LogP contribution in [0, 0.1) is 0 Å². The van der Waals surface area contributed by atoms with E-state index in [1.807, 2.05) is 0 Å². The zero-order chi connectivity index (χ0) is 17.9. The molecular formula is C15H14BrNO6S. The molecule has 2 rings (SSSR count). The van der Waals surface area contributed by atoms with E-state index in [0.717, 1.165) is 16.7 Å². The normalized spacial score (nSPS) is 16.0. The number of carbonyl (C=O) groups excluding carboxylic acids is 2. The summed E-state index contributed by atoms with van der Waals surface area (Å²) >= 11 is 4.17. The summed E-state index contributed by atoms with van der Waals surface area (Å²) in [6, 6.07) is 3.25. The third-order valence-corrected chi connectivity index (χ3v) is 4.58. The molecule has 0 radical (unpaired) electrons. The smallest absolute Gasteiger partial charge is 0.341 e. The van der Waals surface area contributed by atoms with E-state index in [1.54, 1.807) is 25.1 Å². The van der Waals surface area contributed by atoms with Crippen molar-refractivity contribution in [3.63, 3.8) is 0 Å². The standard InChI is InChI=1S/C15H14BrNO6S/c1-3-17-14(20)11(24-15(17)21)6-8-4-9(16)13(10(5-8)22-2)23-7-12(18)19/h4-6H,3,7H2,1-2H3,(H,18,19). The van der Waals surface area contributed by atoms with Crippen LogP contribution in [0.3, 0.4) is 0 Å². The molecule has 1 heterocycles. The number of aliphatic carboxylic acids is 1. The number of rotatable bonds is 6. The SMILES string of the molecule is CCN1C(=O)SC(=Cc2cc(Br)c(OCC(=O)O)c(OC)c2)C1=O. The number of benzene rings is 1. The summed E-state index contributed by atoms with van der Waals surface area (Å²) < 4.78 is 10.9. The number of likely N-dealkylation sites (N-methyl/N-ethyl adjacent to an activating group) is 1. The van der Waals surface area contributed by atoms with E-state index >= 15 is 0 Å². The molecule has 24 heavy (non-hydrogen) atoms. The van der Waals surface area contributed by atoms with Gasteiger partial charge in [-0.1, -0.05) is 0 Å². The van der Waals surface area contributed by atoms with Crippen LogP contribution in [0.1, 0.15) is 12.5 Å². The highest BCUT2D eigenvalue weighted by Gasteiger charge is 2.33. The molecule has 1 aromatic carbocycles. The molecule has 1 N–H and O–H groups in total. The van der Waals surface area contributed by atoms with Gasteiger partial charge in [0.2, 0.25) is 0 Å². The van der Waals surface area contributed by atoms with Gasteiger partial charge < -0.3 is 14.6 Å². The van der Waals surface area contributed by atoms with Crippen LogP contribution in [0.25, 0.3) is 6.08 Å². The second kappa shape index (κ2) is 7.71. The summed E-state index contributed by atoms with van der Waals surface area (Å²) in [7, 11) is 1.42. The van der Waals surface area contributed by atoms with Gasteiger partial charge in [0.05, 0.1) is 16.5 Å². The maximum atomic E-state index is 12.1. The lowest BCUT2D eigenvalue weighted by atomic mass is 10.2. The van der Waals surface area contributed by atoms with Crippen LogP contribution in [0.15, 0.2) is 21.5 Å². The Morgan fingerprint density at radius 3 is 2.67 bits per heavy atom. The van der Waals surface area contributed by atoms with Crippen LogP contribution >= 0.6 is 27.7 Å². The Bertz CT molecular complexity index is 733. The Morgan fingerprint density at radius 1 is 1.42 bits per heavy atom. The number of amides is 2. The molecule has 7 nitrogen and oxygen atoms in total. The molecule has 0 aromatic heterocycles. The number of methoxy groups -OCH3 is 1. The minimum absolute atomic E-state index is 0.249. The fourth-order valence-electron chi connectivity index (χ4n) is 2.02. The van der Waals surface area contributed by atoms with E-state index in [4.69, 9.17) is 14.6 Å². The molecule has 0 saturated carbocycles. The van der Waals surface area contributed by atoms with E-state index in [-0.39, 0.29) is 16.9 Å². The second-order valence-corrected chi connectivity index (χ2v) is 6.49. The Labute approximate surface area is 150 Å². The van der Waals surface area contributed by atoms with Gasteiger partial charge in [0, 0.05) is 6.54 Å². The average molecular weight is 416 g/mol. The van der Waals surface area contributed by atoms with Gasteiger partial charge in [-0.2, -0.15) is 0 Å². The first kappa shape index (κ1) is 18.3. The van der Waals surface area contributed by atoms with E-state index < -0.39 is 12.6 Å². The Hall–Kier alpha value is -2.00. The Balaban J connectivity index is 2.34. The zero-order valence-electron chi connectivity index (χ0n) is 12.9. The Morgan fingerprint density at radius 2 is 2.12 bits per heavy atom. The van der Waals surface area contributed by atoms with Crippen molar-refractivity contribution in [2.24, 2.45) is 0 Å². The fourth-order valence-corrected chi connectivity index (χ4v) is 3.50. The molecule has 9 heteroatoms. The second-order valence-electron chi connectivity index (χ2n) is 4.64. The van der Waals surface area contributed by atoms with E-state index in [2.05, 4.69) is 15.9 Å². The molecule has 0 bridgehead atoms. The number of imide groups is 1. The van der Waals surface area contributed by atoms with Gasteiger partial charge in [0.25, 0.3) is 11.1 Å². The molecular weight excluding hydrogens is 402 g/mol. The first-order chi connectivity index (χ1) is 11.4. The largest absolute Gasteiger partial charge is 0.493 e. The summed E-state index contributed by atoms with van der Waals surface area (Å²) in [5, 5.41) is 8.40. The van der Waals surface area contributed by atoms with Crippen LogP contribution in [0.4, 0.5) is 4.79 Å². The molecule has 1 aliphatic heterocycles. The van der Waals surface area contributed by atoms with Crippen molar-refractivity contribution in [2.45, 2.75) is 6.92 Å². The summed E-state index contributed by atoms with van der Waals surface area (Å²) in [5.41, 5.74) is 0.614. The lowest BCUT2D eigenvalue weighted by Crippen LogP contribution is -2.27. The van der Waals surface area contributed by atoms with Crippen LogP contribution in [-0.4, -0.2) is 47.4 Å². The number of carboxylic acids is 1. The van der Waals surface area contributed by atoms with Crippen molar-refractivity contribution < 1.29 is 29.0 Å². The highest BCUT2D eigenvalue weighted by atomic mass is 79.9. The van der Waals surface area contributed by atoms with Crippen LogP contribution in [0.2, 0.25) is 0 Å². The third kappa shape index (κ3) is 3.90. The quantitative estimate of drug-likeness (QED) is 0.713. The van der Waals surface area contributed by atoms with E-state index in [0.29, 0.717) is 27.2 Å². The van der Waals surface area contributed by atoms with Crippen molar-refractivity contribution in [2.75, 3.05) is 20.3 Å². The van der Waals surface area contributed by atoms with Gasteiger partial charge in [-0.25, -0.2) is 4.79 Å². The predicted molar refractivity (Wildman–Crippen MR) is 92.2 cm³/mol. The summed E-state index contributed by atoms with van der Waals surface area (Å²) in [4.78, 5) is 36.0. The van der Waals surface area contributed by atoms with Crippen LogP contribution < -0.4 is 9.47 Å². The van der Waals surface area contributed by atoms with Crippen molar-refractivity contribution in [1.29, 1.82) is 0 Å². The lowest BCUT2D eigenvalue weighted by Gasteiger charge is -2.12. The first-order valence-corrected chi connectivity index (χ1v) is 8.45. The van der Waals surface area contributed by atoms with E-state index in [1.165, 1.54) is 7.11 Å². The van der Waals surface area contributed by atoms with E-state index in [9.17, 15) is 14.4 Å². The zero-order valence-corrected chi connectivity index (χ0v) is 15.3. The summed E-state index contributed by atoms with van der Waals surface area (Å²) in [6.45, 7) is 1.54. The minimum Gasteiger partial charge on any atom is -0.493 e. The molecule has 1 saturated heterocycles. The number of nitrogens with zero attached hydrogens (tertiary/aromatic N) is 1. The highest BCUT2D eigenvalue weighted by Crippen LogP contribution is 2.39. The van der Waals surface area contributed by atoms with Crippen molar-refractivity contribution in [3.8, 4) is 11.5 Å². The molecule has 0 atom stereocenters. The summed E-state index contributed by atoms with van der Waals surface area (Å²) in [5.74, 6) is -0.889. The number of carbonyl (C=O) groups is 3. The van der Waals surface area contributed by atoms with Crippen molar-refractivity contribution in [3.05, 3.63) is 27.1 Å². The number of hydrogen-bond acceptors (Lipinski definition) is 6. The van der Waals surface area contributed by atoms with Gasteiger partial charge in [-0.05, 0) is 58.4 Å². The number of ether oxygens (including phenoxy) is 2. The fraction of sp³-hybridized carbons (Fsp3) is 0.267. The van der Waals surface area contributed by atoms with Crippen LogP contribution in [0.5, 0.6) is 11.5 Å². The molecule has 0 spiro atoms. The number of thioether (sulfide) groups is 1. The molecule has 1 aliphatic rings. The average Bonchev–Trinajstić information content (AvgIpc) is 2.79. The first-order valence-electron chi connectivity index (χ1n) is 6.84. The highest BCUT2D eigenvalue weighted by molar-refractivity contribution is 9.10. The predicted octanol–water partition coefficient (Wildman–Crippen LogP) is 2.98. The number of hydrogen-bond donors (Lipinski definition) is 1. The molecule has 0 aliphatic carbocycles. The minimum atomic E-state index is -1.11. The molecule has 0 unspecified atom stereocenters. The topological polar surface area (TPSA) is 93.1 Å². The maximum absolute atomic E-state index is 12.1. The molecule has 1 fully saturated rings. The van der Waals surface area contributed by atoms with Crippen molar-refractivity contribution in [1.82, 2.24) is 4.90 Å². The van der Waals surface area contributed by atoms with Gasteiger partial charge in [0.1, 0.15) is 0 Å². The van der Waals surface area contributed by atoms with Gasteiger partial charge in [-0.15, -0.1) is 0 Å². The number of carboxylic acid groups (broad SMARTS) is 1. The third-order valence-electron chi connectivity index (χ3n) is 3.08. The van der Waals surface area contributed by atoms with Crippen LogP contribution in [-0.2, 0) is 9.59 Å². The van der Waals surface area contributed by atoms with Gasteiger partial charge in [0.15, 0.2) is 18.1 Å².